The van der Waals surface area contributed by atoms with Gasteiger partial charge in [0.1, 0.15) is 0 Å². The number of furan rings is 1. The van der Waals surface area contributed by atoms with E-state index in [0.717, 1.165) is 46.5 Å². The molecule has 0 atom stereocenters. The topological polar surface area (TPSA) is 121 Å². The van der Waals surface area contributed by atoms with Gasteiger partial charge < -0.3 is 0 Å². The molecule has 5 rings (SSSR count). The van der Waals surface area contributed by atoms with Crippen LogP contribution in [0, 0.1) is 0 Å². The Balaban J connectivity index is 1.58. The number of aromatic nitrogens is 1. The summed E-state index contributed by atoms with van der Waals surface area (Å²) in [7, 11) is -2.49. The van der Waals surface area contributed by atoms with Gasteiger partial charge in [-0.05, 0) is 0 Å². The van der Waals surface area contributed by atoms with Crippen LogP contribution in [0.3, 0.4) is 0 Å². The third-order valence-electron chi connectivity index (χ3n) is 6.36. The summed E-state index contributed by atoms with van der Waals surface area (Å²) in [5, 5.41) is 11.5. The molecule has 0 saturated carbocycles. The number of carbonyl (C=O) groups is 1. The summed E-state index contributed by atoms with van der Waals surface area (Å²) in [6, 6.07) is 11.6. The number of aryl methyl sites for hydroxylation is 1. The van der Waals surface area contributed by atoms with Crippen LogP contribution in [0.2, 0.25) is 0 Å². The van der Waals surface area contributed by atoms with Crippen molar-refractivity contribution in [2.45, 2.75) is 26.3 Å². The van der Waals surface area contributed by atoms with Crippen molar-refractivity contribution in [3.63, 3.8) is 0 Å². The molecule has 1 aliphatic heterocycles. The Labute approximate surface area is 235 Å². The number of benzene rings is 2. The van der Waals surface area contributed by atoms with E-state index in [-0.39, 0.29) is 33.7 Å². The van der Waals surface area contributed by atoms with Crippen molar-refractivity contribution in [2.75, 3.05) is 24.3 Å². The number of carboxylic acids is 1. The van der Waals surface area contributed by atoms with Gasteiger partial charge in [-0.2, -0.15) is 0 Å². The van der Waals surface area contributed by atoms with Crippen LogP contribution in [0.1, 0.15) is 24.8 Å². The zero-order valence-corrected chi connectivity index (χ0v) is 24.6. The van der Waals surface area contributed by atoms with E-state index in [0.29, 0.717) is 18.7 Å². The Kier molecular flexibility index (Phi) is 7.84. The fourth-order valence-corrected chi connectivity index (χ4v) is 8.58. The number of aliphatic carboxylic acids is 1. The van der Waals surface area contributed by atoms with Crippen LogP contribution in [0.15, 0.2) is 63.3 Å². The van der Waals surface area contributed by atoms with Gasteiger partial charge in [0.15, 0.2) is 0 Å². The quantitative estimate of drug-likeness (QED) is 0.154. The number of rotatable bonds is 10. The predicted molar refractivity (Wildman–Crippen MR) is 153 cm³/mol. The SMILES string of the molecule is CCC(/C=C1\[Se]c2ccc(OC)cc2N1CC(=O)O)=C\c1sc2ccc3occc3c2[n+]1CCCS(=O)(=O)O. The molecule has 204 valence electrons. The molecule has 9 nitrogen and oxygen atoms in total. The van der Waals surface area contributed by atoms with E-state index in [9.17, 15) is 22.9 Å². The zero-order chi connectivity index (χ0) is 27.7. The molecule has 0 fully saturated rings. The summed E-state index contributed by atoms with van der Waals surface area (Å²) in [5.41, 5.74) is 3.56. The number of hydrogen-bond donors (Lipinski definition) is 2. The first-order valence-electron chi connectivity index (χ1n) is 12.2. The first-order valence-corrected chi connectivity index (χ1v) is 16.4. The van der Waals surface area contributed by atoms with Crippen molar-refractivity contribution in [1.82, 2.24) is 0 Å². The van der Waals surface area contributed by atoms with Gasteiger partial charge in [0.05, 0.1) is 0 Å². The van der Waals surface area contributed by atoms with Gasteiger partial charge in [-0.25, -0.2) is 0 Å². The third kappa shape index (κ3) is 5.90. The maximum atomic E-state index is 11.7. The summed E-state index contributed by atoms with van der Waals surface area (Å²) in [6.45, 7) is 2.29. The molecule has 2 aromatic heterocycles. The molecular weight excluding hydrogens is 607 g/mol. The average molecular weight is 635 g/mol. The first-order chi connectivity index (χ1) is 18.7. The molecule has 0 aliphatic carbocycles. The van der Waals surface area contributed by atoms with E-state index in [1.54, 1.807) is 24.7 Å². The molecule has 12 heteroatoms. The second kappa shape index (κ2) is 11.1. The van der Waals surface area contributed by atoms with Gasteiger partial charge in [-0.3, -0.25) is 0 Å². The van der Waals surface area contributed by atoms with Crippen LogP contribution in [0.25, 0.3) is 27.3 Å². The van der Waals surface area contributed by atoms with Crippen LogP contribution in [0.5, 0.6) is 5.75 Å². The van der Waals surface area contributed by atoms with Crippen LogP contribution < -0.4 is 18.7 Å². The van der Waals surface area contributed by atoms with Gasteiger partial charge in [-0.15, -0.1) is 0 Å². The van der Waals surface area contributed by atoms with Gasteiger partial charge in [0, 0.05) is 0 Å². The molecule has 0 bridgehead atoms. The number of fused-ring (bicyclic) bond motifs is 4. The Morgan fingerprint density at radius 2 is 2.08 bits per heavy atom. The average Bonchev–Trinajstić information content (AvgIpc) is 3.58. The standard InChI is InChI=1S/C27H26N2O7S2Se/c1-3-17(14-25-29(16-26(30)31)20-15-18(35-2)5-8-23(20)39-25)13-24-28(10-4-12-38(32,33)34)27-19-9-11-36-21(19)6-7-22(27)37-24/h5-9,11,13-15H,3-4,10,12,16H2,1-2H3,(H-,30,31,32,33,34)/p+1. The number of ether oxygens (including phenoxy) is 1. The van der Waals surface area contributed by atoms with Crippen LogP contribution in [-0.2, 0) is 21.5 Å². The molecule has 2 aromatic carbocycles. The summed E-state index contributed by atoms with van der Waals surface area (Å²) in [4.78, 5) is 13.6. The number of allylic oxidation sites excluding steroid dienone is 2. The second-order valence-electron chi connectivity index (χ2n) is 8.95. The summed E-state index contributed by atoms with van der Waals surface area (Å²) in [5.74, 6) is -0.574. The van der Waals surface area contributed by atoms with Gasteiger partial charge in [-0.1, -0.05) is 0 Å². The van der Waals surface area contributed by atoms with E-state index in [2.05, 4.69) is 16.7 Å². The molecule has 1 aliphatic rings. The fraction of sp³-hybridized carbons (Fsp3) is 0.259. The van der Waals surface area contributed by atoms with Crippen LogP contribution >= 0.6 is 11.3 Å². The van der Waals surface area contributed by atoms with E-state index in [1.807, 2.05) is 48.2 Å². The number of thiazole rings is 1. The third-order valence-corrected chi connectivity index (χ3v) is 10.6. The van der Waals surface area contributed by atoms with Crippen molar-refractivity contribution >= 4 is 79.8 Å². The Bertz CT molecular complexity index is 1740. The Hall–Kier alpha value is -3.15. The molecule has 2 N–H and O–H groups in total. The van der Waals surface area contributed by atoms with E-state index in [4.69, 9.17) is 9.15 Å². The van der Waals surface area contributed by atoms with Crippen LogP contribution in [-0.4, -0.2) is 58.4 Å². The van der Waals surface area contributed by atoms with Crippen molar-refractivity contribution < 1.29 is 36.6 Å². The molecule has 0 radical (unpaired) electrons. The summed E-state index contributed by atoms with van der Waals surface area (Å²) < 4.78 is 48.2. The Morgan fingerprint density at radius 3 is 2.79 bits per heavy atom. The zero-order valence-electron chi connectivity index (χ0n) is 21.3. The normalized spacial score (nSPS) is 15.0. The second-order valence-corrected chi connectivity index (χ2v) is 13.8. The Morgan fingerprint density at radius 1 is 1.26 bits per heavy atom. The van der Waals surface area contributed by atoms with Crippen molar-refractivity contribution in [2.24, 2.45) is 0 Å². The van der Waals surface area contributed by atoms with E-state index < -0.39 is 16.1 Å². The number of anilines is 1. The van der Waals surface area contributed by atoms with Gasteiger partial charge in [0.25, 0.3) is 0 Å². The molecule has 3 heterocycles. The predicted octanol–water partition coefficient (Wildman–Crippen LogP) is 3.79. The first kappa shape index (κ1) is 27.4. The maximum absolute atomic E-state index is 11.7. The molecule has 39 heavy (non-hydrogen) atoms. The van der Waals surface area contributed by atoms with Crippen LogP contribution in [0.4, 0.5) is 5.69 Å². The van der Waals surface area contributed by atoms with E-state index in [1.165, 1.54) is 0 Å². The molecule has 0 amide bonds. The molecule has 4 aromatic rings. The minimum atomic E-state index is -4.08. The summed E-state index contributed by atoms with van der Waals surface area (Å²) in [6.07, 6.45) is 6.74. The molecule has 0 spiro atoms. The number of carboxylic acid groups (broad SMARTS) is 1. The molecular formula is C27H27N2O7S2Se+. The number of nitrogens with zero attached hydrogens (tertiary/aromatic N) is 2. The van der Waals surface area contributed by atoms with Crippen molar-refractivity contribution in [3.8, 4) is 5.75 Å². The van der Waals surface area contributed by atoms with Gasteiger partial charge >= 0.3 is 237 Å². The fourth-order valence-electron chi connectivity index (χ4n) is 4.56. The molecule has 0 unspecified atom stereocenters. The number of hydrogen-bond acceptors (Lipinski definition) is 7. The number of methoxy groups -OCH3 is 1. The summed E-state index contributed by atoms with van der Waals surface area (Å²) >= 11 is 1.51. The molecule has 0 saturated heterocycles. The van der Waals surface area contributed by atoms with Crippen molar-refractivity contribution in [1.29, 1.82) is 0 Å². The minimum absolute atomic E-state index is 0.0834. The van der Waals surface area contributed by atoms with Gasteiger partial charge in [0.2, 0.25) is 0 Å². The van der Waals surface area contributed by atoms with E-state index >= 15 is 0 Å². The van der Waals surface area contributed by atoms with Crippen molar-refractivity contribution in [3.05, 3.63) is 63.9 Å². The monoisotopic (exact) mass is 635 g/mol.